The summed E-state index contributed by atoms with van der Waals surface area (Å²) in [5, 5.41) is 3.86. The molecule has 4 saturated carbocycles. The number of hydrogen-bond donors (Lipinski definition) is 1. The summed E-state index contributed by atoms with van der Waals surface area (Å²) < 4.78 is 27.6. The predicted octanol–water partition coefficient (Wildman–Crippen LogP) is 3.58. The molecule has 0 aromatic heterocycles. The Morgan fingerprint density at radius 3 is 2.18 bits per heavy atom. The van der Waals surface area contributed by atoms with Crippen LogP contribution in [0.4, 0.5) is 0 Å². The van der Waals surface area contributed by atoms with Gasteiger partial charge in [0.15, 0.2) is 0 Å². The number of amides is 1. The van der Waals surface area contributed by atoms with Crippen LogP contribution in [0.15, 0.2) is 29.2 Å². The van der Waals surface area contributed by atoms with Crippen LogP contribution in [0.1, 0.15) is 51.4 Å². The summed E-state index contributed by atoms with van der Waals surface area (Å²) in [6, 6.07) is 5.59. The molecule has 1 aliphatic heterocycles. The van der Waals surface area contributed by atoms with E-state index in [-0.39, 0.29) is 16.3 Å². The molecule has 1 saturated heterocycles. The van der Waals surface area contributed by atoms with Crippen LogP contribution < -0.4 is 5.32 Å². The summed E-state index contributed by atoms with van der Waals surface area (Å²) in [5.74, 6) is 2.12. The van der Waals surface area contributed by atoms with Crippen LogP contribution >= 0.6 is 11.6 Å². The van der Waals surface area contributed by atoms with Crippen molar-refractivity contribution in [3.63, 3.8) is 0 Å². The molecule has 1 amide bonds. The third-order valence-corrected chi connectivity index (χ3v) is 9.53. The Bertz CT molecular complexity index is 848. The average molecular weight is 423 g/mol. The summed E-state index contributed by atoms with van der Waals surface area (Å²) in [6.07, 6.45) is 8.46. The Balaban J connectivity index is 1.35. The molecule has 7 heteroatoms. The molecule has 0 radical (unpaired) electrons. The maximum Gasteiger partial charge on any atom is 0.243 e. The van der Waals surface area contributed by atoms with E-state index in [0.29, 0.717) is 24.4 Å². The van der Waals surface area contributed by atoms with E-state index in [2.05, 4.69) is 5.32 Å². The van der Waals surface area contributed by atoms with Crippen LogP contribution in [-0.2, 0) is 14.8 Å². The summed E-state index contributed by atoms with van der Waals surface area (Å²) in [6.45, 7) is 0.393. The fraction of sp³-hybridized carbons (Fsp3) is 0.667. The summed E-state index contributed by atoms with van der Waals surface area (Å²) in [5.41, 5.74) is -0.0931. The van der Waals surface area contributed by atoms with Gasteiger partial charge < -0.3 is 5.32 Å². The standard InChI is InChI=1S/C21H27ClN2O3S/c22-17-3-5-18(6-4-17)28(26,27)24-7-1-2-19(24)20(25)23-21-11-14-8-15(12-21)10-16(9-14)13-21/h3-6,14-16,19H,1-2,7-13H2,(H,23,25)/t14?,15?,16?,19-,21?/m1/s1. The second kappa shape index (κ2) is 6.71. The first-order valence-corrected chi connectivity index (χ1v) is 12.3. The molecule has 28 heavy (non-hydrogen) atoms. The van der Waals surface area contributed by atoms with E-state index < -0.39 is 16.1 Å². The van der Waals surface area contributed by atoms with Gasteiger partial charge in [0, 0.05) is 17.1 Å². The molecule has 1 aromatic rings. The van der Waals surface area contributed by atoms with Gasteiger partial charge in [0.2, 0.25) is 15.9 Å². The van der Waals surface area contributed by atoms with E-state index in [9.17, 15) is 13.2 Å². The molecule has 4 bridgehead atoms. The lowest BCUT2D eigenvalue weighted by atomic mass is 9.53. The van der Waals surface area contributed by atoms with Crippen LogP contribution in [0, 0.1) is 17.8 Å². The van der Waals surface area contributed by atoms with Gasteiger partial charge in [-0.3, -0.25) is 4.79 Å². The van der Waals surface area contributed by atoms with Gasteiger partial charge in [0.25, 0.3) is 0 Å². The highest BCUT2D eigenvalue weighted by molar-refractivity contribution is 7.89. The van der Waals surface area contributed by atoms with E-state index in [0.717, 1.165) is 37.0 Å². The summed E-state index contributed by atoms with van der Waals surface area (Å²) in [7, 11) is -3.70. The number of carbonyl (C=O) groups is 1. The Morgan fingerprint density at radius 2 is 1.61 bits per heavy atom. The van der Waals surface area contributed by atoms with Crippen molar-refractivity contribution >= 4 is 27.5 Å². The van der Waals surface area contributed by atoms with Gasteiger partial charge in [-0.1, -0.05) is 11.6 Å². The SMILES string of the molecule is O=C(NC12CC3CC(CC(C3)C1)C2)[C@H]1CCCN1S(=O)(=O)c1ccc(Cl)cc1. The van der Waals surface area contributed by atoms with E-state index in [1.165, 1.54) is 35.7 Å². The number of nitrogens with one attached hydrogen (secondary N) is 1. The number of hydrogen-bond acceptors (Lipinski definition) is 3. The second-order valence-corrected chi connectivity index (χ2v) is 11.7. The lowest BCUT2D eigenvalue weighted by molar-refractivity contribution is -0.130. The number of rotatable bonds is 4. The van der Waals surface area contributed by atoms with Gasteiger partial charge in [0.1, 0.15) is 6.04 Å². The largest absolute Gasteiger partial charge is 0.349 e. The van der Waals surface area contributed by atoms with E-state index >= 15 is 0 Å². The van der Waals surface area contributed by atoms with Crippen molar-refractivity contribution in [2.24, 2.45) is 17.8 Å². The van der Waals surface area contributed by atoms with Crippen molar-refractivity contribution in [2.75, 3.05) is 6.54 Å². The van der Waals surface area contributed by atoms with Crippen LogP contribution in [0.25, 0.3) is 0 Å². The molecule has 4 aliphatic carbocycles. The average Bonchev–Trinajstić information content (AvgIpc) is 3.11. The molecule has 5 fully saturated rings. The third-order valence-electron chi connectivity index (χ3n) is 7.35. The lowest BCUT2D eigenvalue weighted by Crippen LogP contribution is -2.62. The first-order valence-electron chi connectivity index (χ1n) is 10.4. The topological polar surface area (TPSA) is 66.5 Å². The zero-order valence-corrected chi connectivity index (χ0v) is 17.5. The minimum Gasteiger partial charge on any atom is -0.349 e. The van der Waals surface area contributed by atoms with Crippen molar-refractivity contribution in [1.29, 1.82) is 0 Å². The van der Waals surface area contributed by atoms with Crippen LogP contribution in [0.5, 0.6) is 0 Å². The molecule has 1 N–H and O–H groups in total. The van der Waals surface area contributed by atoms with E-state index in [1.807, 2.05) is 0 Å². The van der Waals surface area contributed by atoms with Crippen LogP contribution in [0.3, 0.4) is 0 Å². The second-order valence-electron chi connectivity index (χ2n) is 9.41. The predicted molar refractivity (Wildman–Crippen MR) is 107 cm³/mol. The number of benzene rings is 1. The first kappa shape index (κ1) is 18.9. The highest BCUT2D eigenvalue weighted by atomic mass is 35.5. The molecular formula is C21H27ClN2O3S. The van der Waals surface area contributed by atoms with Crippen molar-refractivity contribution in [3.05, 3.63) is 29.3 Å². The number of halogens is 1. The number of nitrogens with zero attached hydrogens (tertiary/aromatic N) is 1. The zero-order chi connectivity index (χ0) is 19.5. The molecule has 0 spiro atoms. The molecule has 1 aromatic carbocycles. The number of carbonyl (C=O) groups excluding carboxylic acids is 1. The van der Waals surface area contributed by atoms with Gasteiger partial charge in [-0.2, -0.15) is 4.31 Å². The highest BCUT2D eigenvalue weighted by Crippen LogP contribution is 2.55. The Labute approximate surface area is 171 Å². The molecule has 152 valence electrons. The maximum absolute atomic E-state index is 13.2. The molecular weight excluding hydrogens is 396 g/mol. The fourth-order valence-corrected chi connectivity index (χ4v) is 8.42. The van der Waals surface area contributed by atoms with Crippen molar-refractivity contribution in [3.8, 4) is 0 Å². The van der Waals surface area contributed by atoms with E-state index in [4.69, 9.17) is 11.6 Å². The smallest absolute Gasteiger partial charge is 0.243 e. The third kappa shape index (κ3) is 3.17. The monoisotopic (exact) mass is 422 g/mol. The van der Waals surface area contributed by atoms with Crippen molar-refractivity contribution in [2.45, 2.75) is 67.8 Å². The quantitative estimate of drug-likeness (QED) is 0.806. The van der Waals surface area contributed by atoms with Gasteiger partial charge in [0.05, 0.1) is 4.90 Å². The van der Waals surface area contributed by atoms with Gasteiger partial charge in [-0.05, 0) is 93.4 Å². The maximum atomic E-state index is 13.2. The molecule has 1 atom stereocenters. The van der Waals surface area contributed by atoms with E-state index in [1.54, 1.807) is 12.1 Å². The van der Waals surface area contributed by atoms with Gasteiger partial charge >= 0.3 is 0 Å². The fourth-order valence-electron chi connectivity index (χ4n) is 6.64. The molecule has 6 rings (SSSR count). The lowest BCUT2D eigenvalue weighted by Gasteiger charge is -2.57. The van der Waals surface area contributed by atoms with Crippen molar-refractivity contribution in [1.82, 2.24) is 9.62 Å². The molecule has 5 nitrogen and oxygen atoms in total. The van der Waals surface area contributed by atoms with Gasteiger partial charge in [-0.15, -0.1) is 0 Å². The summed E-state index contributed by atoms with van der Waals surface area (Å²) in [4.78, 5) is 13.4. The normalized spacial score (nSPS) is 37.3. The van der Waals surface area contributed by atoms with Crippen LogP contribution in [-0.4, -0.2) is 36.8 Å². The molecule has 0 unspecified atom stereocenters. The number of sulfonamides is 1. The molecule has 1 heterocycles. The zero-order valence-electron chi connectivity index (χ0n) is 15.9. The Morgan fingerprint density at radius 1 is 1.04 bits per heavy atom. The van der Waals surface area contributed by atoms with Crippen LogP contribution in [0.2, 0.25) is 5.02 Å². The minimum atomic E-state index is -3.70. The highest BCUT2D eigenvalue weighted by Gasteiger charge is 2.52. The minimum absolute atomic E-state index is 0.0931. The molecule has 5 aliphatic rings. The van der Waals surface area contributed by atoms with Gasteiger partial charge in [-0.25, -0.2) is 8.42 Å². The summed E-state index contributed by atoms with van der Waals surface area (Å²) >= 11 is 5.90. The Kier molecular flexibility index (Phi) is 4.53. The Hall–Kier alpha value is -1.11. The first-order chi connectivity index (χ1) is 13.3. The van der Waals surface area contributed by atoms with Crippen molar-refractivity contribution < 1.29 is 13.2 Å².